The van der Waals surface area contributed by atoms with Crippen molar-refractivity contribution in [1.82, 2.24) is 30.4 Å². The summed E-state index contributed by atoms with van der Waals surface area (Å²) < 4.78 is 10.5. The summed E-state index contributed by atoms with van der Waals surface area (Å²) in [6.45, 7) is 5.83. The normalized spacial score (nSPS) is 12.6. The van der Waals surface area contributed by atoms with Crippen LogP contribution in [0.15, 0.2) is 34.6 Å². The second-order valence-electron chi connectivity index (χ2n) is 6.92. The molecule has 0 aliphatic rings. The first-order valence-electron chi connectivity index (χ1n) is 10.1. The second kappa shape index (κ2) is 10.9. The number of thiazole rings is 1. The summed E-state index contributed by atoms with van der Waals surface area (Å²) >= 11 is 1.61. The fourth-order valence-electron chi connectivity index (χ4n) is 2.86. The molecule has 3 rings (SSSR count). The molecule has 0 aliphatic heterocycles. The van der Waals surface area contributed by atoms with Crippen molar-refractivity contribution >= 4 is 17.3 Å². The minimum absolute atomic E-state index is 0.00249. The summed E-state index contributed by atoms with van der Waals surface area (Å²) in [6.07, 6.45) is -0.00249. The maximum atomic E-state index is 5.35. The monoisotopic (exact) mass is 443 g/mol. The van der Waals surface area contributed by atoms with Crippen LogP contribution >= 0.6 is 11.3 Å². The highest BCUT2D eigenvalue weighted by molar-refractivity contribution is 7.09. The molecule has 0 aliphatic carbocycles. The third-order valence-corrected chi connectivity index (χ3v) is 5.68. The van der Waals surface area contributed by atoms with Gasteiger partial charge in [-0.15, -0.1) is 11.3 Å². The highest BCUT2D eigenvalue weighted by Gasteiger charge is 2.13. The van der Waals surface area contributed by atoms with Crippen LogP contribution in [0.4, 0.5) is 0 Å². The molecule has 10 heteroatoms. The first-order valence-corrected chi connectivity index (χ1v) is 10.9. The van der Waals surface area contributed by atoms with E-state index in [-0.39, 0.29) is 6.10 Å². The van der Waals surface area contributed by atoms with E-state index < -0.39 is 0 Å². The molecule has 2 aromatic heterocycles. The number of methoxy groups -OCH3 is 2. The van der Waals surface area contributed by atoms with Gasteiger partial charge in [-0.05, 0) is 38.1 Å². The SMILES string of the molecule is CCNC(=NCc1nc(-c2ccc(OC)cc2)n[nH]1)N(C)Cc1csc(C(C)OC)n1. The van der Waals surface area contributed by atoms with Crippen LogP contribution in [0.3, 0.4) is 0 Å². The molecule has 2 heterocycles. The van der Waals surface area contributed by atoms with Crippen molar-refractivity contribution in [3.05, 3.63) is 46.2 Å². The highest BCUT2D eigenvalue weighted by atomic mass is 32.1. The van der Waals surface area contributed by atoms with Crippen LogP contribution in [0.1, 0.15) is 36.5 Å². The number of nitrogens with one attached hydrogen (secondary N) is 2. The number of nitrogens with zero attached hydrogens (tertiary/aromatic N) is 5. The summed E-state index contributed by atoms with van der Waals surface area (Å²) in [5.41, 5.74) is 1.90. The molecule has 0 fully saturated rings. The maximum Gasteiger partial charge on any atom is 0.194 e. The molecule has 0 saturated heterocycles. The van der Waals surface area contributed by atoms with Gasteiger partial charge in [0.05, 0.1) is 19.3 Å². The lowest BCUT2D eigenvalue weighted by Crippen LogP contribution is -2.38. The van der Waals surface area contributed by atoms with E-state index in [4.69, 9.17) is 14.5 Å². The lowest BCUT2D eigenvalue weighted by atomic mass is 10.2. The molecule has 1 unspecified atom stereocenters. The largest absolute Gasteiger partial charge is 0.497 e. The smallest absolute Gasteiger partial charge is 0.194 e. The number of guanidine groups is 1. The average molecular weight is 444 g/mol. The van der Waals surface area contributed by atoms with Crippen molar-refractivity contribution in [3.63, 3.8) is 0 Å². The van der Waals surface area contributed by atoms with Gasteiger partial charge in [0, 0.05) is 31.6 Å². The fourth-order valence-corrected chi connectivity index (χ4v) is 3.70. The van der Waals surface area contributed by atoms with Gasteiger partial charge in [0.1, 0.15) is 29.2 Å². The van der Waals surface area contributed by atoms with E-state index in [0.29, 0.717) is 24.7 Å². The van der Waals surface area contributed by atoms with Gasteiger partial charge in [-0.1, -0.05) is 0 Å². The lowest BCUT2D eigenvalue weighted by molar-refractivity contribution is 0.119. The molecule has 0 saturated carbocycles. The Bertz CT molecular complexity index is 984. The Morgan fingerprint density at radius 2 is 2.03 bits per heavy atom. The molecular formula is C21H29N7O2S. The van der Waals surface area contributed by atoms with Gasteiger partial charge in [0.25, 0.3) is 0 Å². The zero-order valence-electron chi connectivity index (χ0n) is 18.5. The predicted molar refractivity (Wildman–Crippen MR) is 122 cm³/mol. The summed E-state index contributed by atoms with van der Waals surface area (Å²) in [7, 11) is 5.32. The molecule has 0 amide bonds. The van der Waals surface area contributed by atoms with Crippen molar-refractivity contribution < 1.29 is 9.47 Å². The van der Waals surface area contributed by atoms with Crippen LogP contribution in [0.25, 0.3) is 11.4 Å². The Morgan fingerprint density at radius 3 is 2.71 bits per heavy atom. The molecule has 0 bridgehead atoms. The Labute approximate surface area is 186 Å². The molecule has 2 N–H and O–H groups in total. The maximum absolute atomic E-state index is 5.35. The Hall–Kier alpha value is -2.98. The number of benzene rings is 1. The van der Waals surface area contributed by atoms with E-state index in [2.05, 4.69) is 30.9 Å². The van der Waals surface area contributed by atoms with Crippen LogP contribution in [0.5, 0.6) is 5.75 Å². The molecule has 1 atom stereocenters. The van der Waals surface area contributed by atoms with Crippen molar-refractivity contribution in [1.29, 1.82) is 0 Å². The molecule has 31 heavy (non-hydrogen) atoms. The second-order valence-corrected chi connectivity index (χ2v) is 7.81. The van der Waals surface area contributed by atoms with E-state index in [1.165, 1.54) is 0 Å². The number of hydrogen-bond acceptors (Lipinski definition) is 7. The van der Waals surface area contributed by atoms with Gasteiger partial charge in [-0.25, -0.2) is 15.0 Å². The van der Waals surface area contributed by atoms with Crippen LogP contribution in [-0.2, 0) is 17.8 Å². The lowest BCUT2D eigenvalue weighted by Gasteiger charge is -2.21. The van der Waals surface area contributed by atoms with Crippen LogP contribution in [-0.4, -0.2) is 58.8 Å². The Morgan fingerprint density at radius 1 is 1.26 bits per heavy atom. The number of ether oxygens (including phenoxy) is 2. The number of H-pyrrole nitrogens is 1. The van der Waals surface area contributed by atoms with Gasteiger partial charge < -0.3 is 19.7 Å². The van der Waals surface area contributed by atoms with E-state index in [0.717, 1.165) is 34.5 Å². The van der Waals surface area contributed by atoms with E-state index in [9.17, 15) is 0 Å². The summed E-state index contributed by atoms with van der Waals surface area (Å²) in [5, 5.41) is 13.6. The third-order valence-electron chi connectivity index (χ3n) is 4.62. The number of aliphatic imine (C=N–C) groups is 1. The van der Waals surface area contributed by atoms with Crippen molar-refractivity contribution in [3.8, 4) is 17.1 Å². The van der Waals surface area contributed by atoms with Crippen LogP contribution in [0, 0.1) is 0 Å². The quantitative estimate of drug-likeness (QED) is 0.387. The van der Waals surface area contributed by atoms with E-state index >= 15 is 0 Å². The standard InChI is InChI=1S/C21H29N7O2S/c1-6-22-21(28(3)12-16-13-31-20(24-16)14(2)29-4)23-11-18-25-19(27-26-18)15-7-9-17(30-5)10-8-15/h7-10,13-14H,6,11-12H2,1-5H3,(H,22,23)(H,25,26,27). The average Bonchev–Trinajstić information content (AvgIpc) is 3.46. The third kappa shape index (κ3) is 6.02. The molecule has 9 nitrogen and oxygen atoms in total. The fraction of sp³-hybridized carbons (Fsp3) is 0.429. The van der Waals surface area contributed by atoms with Crippen LogP contribution in [0.2, 0.25) is 0 Å². The molecule has 1 aromatic carbocycles. The van der Waals surface area contributed by atoms with E-state index in [1.807, 2.05) is 50.1 Å². The number of hydrogen-bond donors (Lipinski definition) is 2. The van der Waals surface area contributed by atoms with Crippen molar-refractivity contribution in [2.75, 3.05) is 27.8 Å². The minimum Gasteiger partial charge on any atom is -0.497 e. The zero-order valence-corrected chi connectivity index (χ0v) is 19.4. The Kier molecular flexibility index (Phi) is 7.96. The topological polar surface area (TPSA) is 101 Å². The molecule has 3 aromatic rings. The minimum atomic E-state index is -0.00249. The van der Waals surface area contributed by atoms with Crippen molar-refractivity contribution in [2.24, 2.45) is 4.99 Å². The summed E-state index contributed by atoms with van der Waals surface area (Å²) in [6, 6.07) is 7.64. The van der Waals surface area contributed by atoms with Crippen molar-refractivity contribution in [2.45, 2.75) is 33.0 Å². The first kappa shape index (κ1) is 22.7. The molecule has 166 valence electrons. The number of aromatic nitrogens is 4. The molecular weight excluding hydrogens is 414 g/mol. The predicted octanol–water partition coefficient (Wildman–Crippen LogP) is 3.24. The number of aromatic amines is 1. The van der Waals surface area contributed by atoms with Gasteiger partial charge >= 0.3 is 0 Å². The van der Waals surface area contributed by atoms with Gasteiger partial charge in [-0.2, -0.15) is 5.10 Å². The van der Waals surface area contributed by atoms with Gasteiger partial charge in [-0.3, -0.25) is 5.10 Å². The summed E-state index contributed by atoms with van der Waals surface area (Å²) in [5.74, 6) is 2.90. The summed E-state index contributed by atoms with van der Waals surface area (Å²) in [4.78, 5) is 16.0. The van der Waals surface area contributed by atoms with Crippen LogP contribution < -0.4 is 10.1 Å². The zero-order chi connectivity index (χ0) is 22.2. The first-order chi connectivity index (χ1) is 15.0. The number of rotatable bonds is 9. The van der Waals surface area contributed by atoms with E-state index in [1.54, 1.807) is 25.6 Å². The Balaban J connectivity index is 1.66. The molecule has 0 radical (unpaired) electrons. The van der Waals surface area contributed by atoms with Gasteiger partial charge in [0.15, 0.2) is 11.8 Å². The highest BCUT2D eigenvalue weighted by Crippen LogP contribution is 2.21. The van der Waals surface area contributed by atoms with Gasteiger partial charge in [0.2, 0.25) is 0 Å². The molecule has 0 spiro atoms.